The molecule has 0 bridgehead atoms. The minimum absolute atomic E-state index is 0.583. The second kappa shape index (κ2) is 3.64. The zero-order valence-corrected chi connectivity index (χ0v) is 6.69. The monoisotopic (exact) mass is 153 g/mol. The fraction of sp³-hybridized carbons (Fsp3) is 0.250. The van der Waals surface area contributed by atoms with Gasteiger partial charge in [-0.05, 0) is 17.7 Å². The molecule has 0 heterocycles. The summed E-state index contributed by atoms with van der Waals surface area (Å²) in [5.74, 6) is 0. The number of hydrogen-bond acceptors (Lipinski definition) is 2. The maximum Gasteiger partial charge on any atom is 0.0729 e. The van der Waals surface area contributed by atoms with E-state index in [0.717, 1.165) is 10.5 Å². The summed E-state index contributed by atoms with van der Waals surface area (Å²) in [6.07, 6.45) is 0. The zero-order valence-electron chi connectivity index (χ0n) is 5.79. The molecule has 53 valence electrons. The third-order valence-corrected chi connectivity index (χ3v) is 1.62. The van der Waals surface area contributed by atoms with Crippen LogP contribution in [0.5, 0.6) is 0 Å². The van der Waals surface area contributed by atoms with Gasteiger partial charge in [-0.3, -0.25) is 0 Å². The van der Waals surface area contributed by atoms with Crippen molar-refractivity contribution in [3.63, 3.8) is 0 Å². The highest BCUT2D eigenvalue weighted by atomic mass is 32.1. The molecular formula is C8H9OS. The zero-order chi connectivity index (χ0) is 7.40. The van der Waals surface area contributed by atoms with Crippen LogP contribution in [0, 0.1) is 6.07 Å². The normalized spacial score (nSPS) is 9.80. The number of ether oxygens (including phenoxy) is 1. The molecule has 0 amide bonds. The topological polar surface area (TPSA) is 9.23 Å². The molecule has 0 saturated carbocycles. The highest BCUT2D eigenvalue weighted by Crippen LogP contribution is 2.12. The van der Waals surface area contributed by atoms with Gasteiger partial charge < -0.3 is 4.74 Å². The van der Waals surface area contributed by atoms with Gasteiger partial charge in [0.1, 0.15) is 0 Å². The molecule has 0 unspecified atom stereocenters. The van der Waals surface area contributed by atoms with E-state index in [-0.39, 0.29) is 0 Å². The molecule has 0 N–H and O–H groups in total. The van der Waals surface area contributed by atoms with Crippen LogP contribution >= 0.6 is 12.6 Å². The molecule has 10 heavy (non-hydrogen) atoms. The molecule has 1 rings (SSSR count). The van der Waals surface area contributed by atoms with Crippen LogP contribution in [0.1, 0.15) is 5.56 Å². The average molecular weight is 153 g/mol. The van der Waals surface area contributed by atoms with Crippen molar-refractivity contribution >= 4 is 12.6 Å². The predicted octanol–water partition coefficient (Wildman–Crippen LogP) is 1.92. The number of methoxy groups -OCH3 is 1. The first-order valence-electron chi connectivity index (χ1n) is 3.02. The van der Waals surface area contributed by atoms with E-state index >= 15 is 0 Å². The van der Waals surface area contributed by atoms with Crippen LogP contribution in [-0.4, -0.2) is 7.11 Å². The lowest BCUT2D eigenvalue weighted by molar-refractivity contribution is 0.182. The van der Waals surface area contributed by atoms with E-state index in [4.69, 9.17) is 4.74 Å². The van der Waals surface area contributed by atoms with Gasteiger partial charge in [-0.2, -0.15) is 0 Å². The highest BCUT2D eigenvalue weighted by molar-refractivity contribution is 7.80. The van der Waals surface area contributed by atoms with Crippen molar-refractivity contribution in [3.05, 3.63) is 29.8 Å². The van der Waals surface area contributed by atoms with E-state index in [1.165, 1.54) is 0 Å². The van der Waals surface area contributed by atoms with Crippen molar-refractivity contribution in [2.24, 2.45) is 0 Å². The Morgan fingerprint density at radius 2 is 2.50 bits per heavy atom. The van der Waals surface area contributed by atoms with Gasteiger partial charge in [0, 0.05) is 12.0 Å². The Labute approximate surface area is 66.4 Å². The summed E-state index contributed by atoms with van der Waals surface area (Å²) < 4.78 is 4.93. The maximum absolute atomic E-state index is 4.93. The average Bonchev–Trinajstić information content (AvgIpc) is 1.94. The van der Waals surface area contributed by atoms with Crippen molar-refractivity contribution in [2.45, 2.75) is 11.5 Å². The third-order valence-electron chi connectivity index (χ3n) is 1.21. The lowest BCUT2D eigenvalue weighted by atomic mass is 10.2. The summed E-state index contributed by atoms with van der Waals surface area (Å²) in [6.45, 7) is 0.583. The van der Waals surface area contributed by atoms with Crippen LogP contribution in [0.15, 0.2) is 23.1 Å². The van der Waals surface area contributed by atoms with Crippen molar-refractivity contribution in [3.8, 4) is 0 Å². The number of thiol groups is 1. The molecule has 1 radical (unpaired) electrons. The number of hydrogen-bond donors (Lipinski definition) is 1. The molecule has 0 aliphatic carbocycles. The summed E-state index contributed by atoms with van der Waals surface area (Å²) in [6, 6.07) is 8.72. The summed E-state index contributed by atoms with van der Waals surface area (Å²) >= 11 is 4.22. The fourth-order valence-corrected chi connectivity index (χ4v) is 0.938. The van der Waals surface area contributed by atoms with Gasteiger partial charge in [-0.1, -0.05) is 12.1 Å². The predicted molar refractivity (Wildman–Crippen MR) is 43.2 cm³/mol. The van der Waals surface area contributed by atoms with Crippen molar-refractivity contribution in [2.75, 3.05) is 7.11 Å². The smallest absolute Gasteiger partial charge is 0.0729 e. The van der Waals surface area contributed by atoms with Crippen LogP contribution in [0.3, 0.4) is 0 Å². The fourth-order valence-electron chi connectivity index (χ4n) is 0.722. The molecule has 0 atom stereocenters. The Hall–Kier alpha value is -0.470. The molecule has 0 fully saturated rings. The SMILES string of the molecule is COCc1[c]cccc1S. The molecular weight excluding hydrogens is 144 g/mol. The standard InChI is InChI=1S/C8H9OS/c1-9-6-7-4-2-3-5-8(7)10/h2-3,5,10H,6H2,1H3. The third kappa shape index (κ3) is 1.75. The van der Waals surface area contributed by atoms with Crippen LogP contribution < -0.4 is 0 Å². The molecule has 1 aromatic rings. The minimum atomic E-state index is 0.583. The quantitative estimate of drug-likeness (QED) is 0.639. The number of rotatable bonds is 2. The molecule has 0 aliphatic heterocycles. The molecule has 0 saturated heterocycles. The van der Waals surface area contributed by atoms with Gasteiger partial charge in [0.15, 0.2) is 0 Å². The first-order valence-corrected chi connectivity index (χ1v) is 3.47. The summed E-state index contributed by atoms with van der Waals surface area (Å²) in [7, 11) is 1.66. The second-order valence-corrected chi connectivity index (χ2v) is 2.45. The Balaban J connectivity index is 2.81. The van der Waals surface area contributed by atoms with Gasteiger partial charge in [-0.15, -0.1) is 12.6 Å². The van der Waals surface area contributed by atoms with Gasteiger partial charge in [0.05, 0.1) is 6.61 Å². The van der Waals surface area contributed by atoms with Crippen LogP contribution in [0.2, 0.25) is 0 Å². The summed E-state index contributed by atoms with van der Waals surface area (Å²) in [5, 5.41) is 0. The van der Waals surface area contributed by atoms with Crippen LogP contribution in [0.4, 0.5) is 0 Å². The van der Waals surface area contributed by atoms with Gasteiger partial charge in [0.25, 0.3) is 0 Å². The minimum Gasteiger partial charge on any atom is -0.380 e. The maximum atomic E-state index is 4.93. The lowest BCUT2D eigenvalue weighted by Crippen LogP contribution is -1.88. The molecule has 0 aliphatic rings. The molecule has 0 aromatic heterocycles. The van der Waals surface area contributed by atoms with Crippen molar-refractivity contribution < 1.29 is 4.74 Å². The van der Waals surface area contributed by atoms with Crippen LogP contribution in [-0.2, 0) is 11.3 Å². The largest absolute Gasteiger partial charge is 0.380 e. The van der Waals surface area contributed by atoms with Crippen molar-refractivity contribution in [1.29, 1.82) is 0 Å². The van der Waals surface area contributed by atoms with E-state index in [9.17, 15) is 0 Å². The Kier molecular flexibility index (Phi) is 2.78. The Morgan fingerprint density at radius 1 is 1.70 bits per heavy atom. The number of benzene rings is 1. The molecule has 0 spiro atoms. The Morgan fingerprint density at radius 3 is 3.10 bits per heavy atom. The first kappa shape index (κ1) is 7.63. The Bertz CT molecular complexity index is 210. The summed E-state index contributed by atoms with van der Waals surface area (Å²) in [4.78, 5) is 0.935. The van der Waals surface area contributed by atoms with Gasteiger partial charge >= 0.3 is 0 Å². The first-order chi connectivity index (χ1) is 4.84. The lowest BCUT2D eigenvalue weighted by Gasteiger charge is -2.00. The van der Waals surface area contributed by atoms with Crippen LogP contribution in [0.25, 0.3) is 0 Å². The van der Waals surface area contributed by atoms with E-state index < -0.39 is 0 Å². The molecule has 2 heteroatoms. The molecule has 1 aromatic carbocycles. The van der Waals surface area contributed by atoms with E-state index in [0.29, 0.717) is 6.61 Å². The van der Waals surface area contributed by atoms with Crippen molar-refractivity contribution in [1.82, 2.24) is 0 Å². The van der Waals surface area contributed by atoms with E-state index in [1.54, 1.807) is 7.11 Å². The summed E-state index contributed by atoms with van der Waals surface area (Å²) in [5.41, 5.74) is 1.01. The van der Waals surface area contributed by atoms with Gasteiger partial charge in [0.2, 0.25) is 0 Å². The molecule has 1 nitrogen and oxygen atoms in total. The highest BCUT2D eigenvalue weighted by Gasteiger charge is 1.94. The van der Waals surface area contributed by atoms with E-state index in [2.05, 4.69) is 18.7 Å². The van der Waals surface area contributed by atoms with Gasteiger partial charge in [-0.25, -0.2) is 0 Å². The van der Waals surface area contributed by atoms with E-state index in [1.807, 2.05) is 18.2 Å². The second-order valence-electron chi connectivity index (χ2n) is 1.97.